The van der Waals surface area contributed by atoms with Crippen LogP contribution < -0.4 is 0 Å². The van der Waals surface area contributed by atoms with Gasteiger partial charge in [0.1, 0.15) is 11.2 Å². The summed E-state index contributed by atoms with van der Waals surface area (Å²) in [7, 11) is 0. The largest absolute Gasteiger partial charge is 0.456 e. The van der Waals surface area contributed by atoms with Crippen molar-refractivity contribution in [1.82, 2.24) is 19.5 Å². The van der Waals surface area contributed by atoms with E-state index in [4.69, 9.17) is 19.4 Å². The highest BCUT2D eigenvalue weighted by Gasteiger charge is 2.23. The fraction of sp³-hybridized carbons (Fsp3) is 0. The van der Waals surface area contributed by atoms with Crippen molar-refractivity contribution in [2.45, 2.75) is 0 Å². The molecule has 0 aliphatic carbocycles. The first-order valence-electron chi connectivity index (χ1n) is 23.7. The molecule has 0 spiro atoms. The van der Waals surface area contributed by atoms with E-state index in [0.717, 1.165) is 77.6 Å². The van der Waals surface area contributed by atoms with Crippen molar-refractivity contribution >= 4 is 65.3 Å². The summed E-state index contributed by atoms with van der Waals surface area (Å²) in [6.07, 6.45) is 0. The molecular formula is C65H40N4O. The molecule has 0 amide bonds. The zero-order chi connectivity index (χ0) is 46.1. The molecule has 11 aromatic carbocycles. The van der Waals surface area contributed by atoms with Crippen LogP contribution in [0, 0.1) is 0 Å². The van der Waals surface area contributed by atoms with Crippen molar-refractivity contribution in [3.8, 4) is 73.2 Å². The Balaban J connectivity index is 0.959. The second-order valence-electron chi connectivity index (χ2n) is 17.9. The van der Waals surface area contributed by atoms with E-state index < -0.39 is 0 Å². The lowest BCUT2D eigenvalue weighted by Crippen LogP contribution is -2.00. The monoisotopic (exact) mass is 892 g/mol. The van der Waals surface area contributed by atoms with Crippen molar-refractivity contribution < 1.29 is 4.42 Å². The summed E-state index contributed by atoms with van der Waals surface area (Å²) >= 11 is 0. The van der Waals surface area contributed by atoms with Crippen LogP contribution in [-0.2, 0) is 0 Å². The van der Waals surface area contributed by atoms with E-state index >= 15 is 0 Å². The van der Waals surface area contributed by atoms with Gasteiger partial charge >= 0.3 is 0 Å². The van der Waals surface area contributed by atoms with Crippen LogP contribution in [0.25, 0.3) is 139 Å². The van der Waals surface area contributed by atoms with E-state index in [0.29, 0.717) is 17.5 Å². The van der Waals surface area contributed by atoms with Gasteiger partial charge in [-0.25, -0.2) is 15.0 Å². The average molecular weight is 893 g/mol. The maximum atomic E-state index is 6.94. The number of furan rings is 1. The lowest BCUT2D eigenvalue weighted by atomic mass is 9.98. The summed E-state index contributed by atoms with van der Waals surface area (Å²) < 4.78 is 9.38. The summed E-state index contributed by atoms with van der Waals surface area (Å²) in [5.74, 6) is 1.77. The van der Waals surface area contributed by atoms with Crippen LogP contribution in [0.4, 0.5) is 0 Å². The molecule has 0 atom stereocenters. The van der Waals surface area contributed by atoms with Gasteiger partial charge in [-0.15, -0.1) is 0 Å². The van der Waals surface area contributed by atoms with Crippen LogP contribution in [0.1, 0.15) is 0 Å². The smallest absolute Gasteiger partial charge is 0.164 e. The topological polar surface area (TPSA) is 56.7 Å². The quantitative estimate of drug-likeness (QED) is 0.160. The van der Waals surface area contributed by atoms with E-state index in [9.17, 15) is 0 Å². The summed E-state index contributed by atoms with van der Waals surface area (Å²) in [5, 5.41) is 9.22. The van der Waals surface area contributed by atoms with Gasteiger partial charge in [-0.3, -0.25) is 0 Å². The third-order valence-corrected chi connectivity index (χ3v) is 13.8. The predicted octanol–water partition coefficient (Wildman–Crippen LogP) is 17.2. The van der Waals surface area contributed by atoms with Crippen molar-refractivity contribution in [3.05, 3.63) is 243 Å². The summed E-state index contributed by atoms with van der Waals surface area (Å²) in [6, 6.07) is 85.8. The standard InChI is InChI=1S/C65H40N4O/c1-4-15-41(16-5-1)42-27-29-43(30-28-42)44-31-33-48(34-32-44)64-66-63(47-20-8-3-9-21-47)67-65(68-64)52-25-14-26-59-62(52)55-39-53(45-17-6-2-7-18-45)58(40-60(55)70-59)69-56-36-35-46-19-12-13-24-51(46)61(56)54-37-49-22-10-11-23-50(49)38-57(54)69/h1-40H. The Labute approximate surface area is 403 Å². The van der Waals surface area contributed by atoms with Crippen LogP contribution in [0.5, 0.6) is 0 Å². The van der Waals surface area contributed by atoms with Gasteiger partial charge in [-0.05, 0) is 79.7 Å². The fourth-order valence-electron chi connectivity index (χ4n) is 10.5. The Morgan fingerprint density at radius 2 is 0.814 bits per heavy atom. The van der Waals surface area contributed by atoms with Crippen molar-refractivity contribution in [1.29, 1.82) is 0 Å². The number of fused-ring (bicyclic) bond motifs is 9. The van der Waals surface area contributed by atoms with E-state index in [1.54, 1.807) is 0 Å². The van der Waals surface area contributed by atoms with Gasteiger partial charge in [0, 0.05) is 49.9 Å². The Kier molecular flexibility index (Phi) is 9.14. The Morgan fingerprint density at radius 1 is 0.286 bits per heavy atom. The first-order chi connectivity index (χ1) is 34.7. The molecule has 14 rings (SSSR count). The minimum atomic E-state index is 0.573. The third-order valence-electron chi connectivity index (χ3n) is 13.8. The van der Waals surface area contributed by atoms with E-state index in [1.165, 1.54) is 43.4 Å². The molecule has 14 aromatic rings. The zero-order valence-corrected chi connectivity index (χ0v) is 37.8. The molecule has 0 aliphatic rings. The predicted molar refractivity (Wildman–Crippen MR) is 289 cm³/mol. The zero-order valence-electron chi connectivity index (χ0n) is 37.8. The minimum absolute atomic E-state index is 0.573. The highest BCUT2D eigenvalue weighted by Crippen LogP contribution is 2.45. The molecule has 0 bridgehead atoms. The molecule has 3 heterocycles. The van der Waals surface area contributed by atoms with Crippen molar-refractivity contribution in [2.75, 3.05) is 0 Å². The normalized spacial score (nSPS) is 11.7. The number of hydrogen-bond donors (Lipinski definition) is 0. The molecule has 70 heavy (non-hydrogen) atoms. The molecule has 0 fully saturated rings. The minimum Gasteiger partial charge on any atom is -0.456 e. The summed E-state index contributed by atoms with van der Waals surface area (Å²) in [4.78, 5) is 15.6. The maximum absolute atomic E-state index is 6.94. The molecule has 0 saturated carbocycles. The summed E-state index contributed by atoms with van der Waals surface area (Å²) in [6.45, 7) is 0. The van der Waals surface area contributed by atoms with Crippen LogP contribution in [0.3, 0.4) is 0 Å². The molecule has 0 radical (unpaired) electrons. The van der Waals surface area contributed by atoms with Gasteiger partial charge in [0.15, 0.2) is 17.5 Å². The molecule has 5 heteroatoms. The van der Waals surface area contributed by atoms with Gasteiger partial charge < -0.3 is 8.98 Å². The molecule has 0 saturated heterocycles. The molecular weight excluding hydrogens is 853 g/mol. The third kappa shape index (κ3) is 6.59. The van der Waals surface area contributed by atoms with Gasteiger partial charge in [0.25, 0.3) is 0 Å². The first kappa shape index (κ1) is 39.7. The molecule has 3 aromatic heterocycles. The second-order valence-corrected chi connectivity index (χ2v) is 17.9. The van der Waals surface area contributed by atoms with Crippen LogP contribution in [-0.4, -0.2) is 19.5 Å². The summed E-state index contributed by atoms with van der Waals surface area (Å²) in [5.41, 5.74) is 14.4. The number of benzene rings is 11. The average Bonchev–Trinajstić information content (AvgIpc) is 3.97. The Hall–Kier alpha value is -9.45. The molecule has 0 unspecified atom stereocenters. The Bertz CT molecular complexity index is 4310. The highest BCUT2D eigenvalue weighted by atomic mass is 16.3. The van der Waals surface area contributed by atoms with Gasteiger partial charge in [-0.2, -0.15) is 0 Å². The molecule has 0 aliphatic heterocycles. The van der Waals surface area contributed by atoms with Gasteiger partial charge in [0.05, 0.1) is 16.7 Å². The van der Waals surface area contributed by atoms with E-state index in [-0.39, 0.29) is 0 Å². The SMILES string of the molecule is c1ccc(-c2ccc(-c3ccc(-c4nc(-c5ccccc5)nc(-c5cccc6oc7cc(-n8c9cc%10ccccc%10cc9c9c%10ccccc%10ccc98)c(-c8ccccc8)cc7c56)n4)cc3)cc2)cc1. The van der Waals surface area contributed by atoms with Crippen LogP contribution >= 0.6 is 0 Å². The maximum Gasteiger partial charge on any atom is 0.164 e. The molecule has 326 valence electrons. The first-order valence-corrected chi connectivity index (χ1v) is 23.7. The number of hydrogen-bond acceptors (Lipinski definition) is 4. The number of aromatic nitrogens is 4. The lowest BCUT2D eigenvalue weighted by molar-refractivity contribution is 0.668. The van der Waals surface area contributed by atoms with Crippen LogP contribution in [0.2, 0.25) is 0 Å². The van der Waals surface area contributed by atoms with Gasteiger partial charge in [-0.1, -0.05) is 206 Å². The Morgan fingerprint density at radius 3 is 1.49 bits per heavy atom. The fourth-order valence-corrected chi connectivity index (χ4v) is 10.5. The van der Waals surface area contributed by atoms with Crippen LogP contribution in [0.15, 0.2) is 247 Å². The highest BCUT2D eigenvalue weighted by molar-refractivity contribution is 6.24. The second kappa shape index (κ2) is 16.1. The lowest BCUT2D eigenvalue weighted by Gasteiger charge is -2.15. The van der Waals surface area contributed by atoms with E-state index in [1.807, 2.05) is 48.5 Å². The van der Waals surface area contributed by atoms with Crippen molar-refractivity contribution in [3.63, 3.8) is 0 Å². The van der Waals surface area contributed by atoms with E-state index in [2.05, 4.69) is 199 Å². The van der Waals surface area contributed by atoms with Gasteiger partial charge in [0.2, 0.25) is 0 Å². The molecule has 5 nitrogen and oxygen atoms in total. The number of rotatable bonds is 7. The molecule has 0 N–H and O–H groups in total. The number of nitrogens with zero attached hydrogens (tertiary/aromatic N) is 4. The van der Waals surface area contributed by atoms with Crippen molar-refractivity contribution in [2.24, 2.45) is 0 Å².